The molecule has 0 saturated carbocycles. The quantitative estimate of drug-likeness (QED) is 0.787. The molecule has 1 heterocycles. The summed E-state index contributed by atoms with van der Waals surface area (Å²) in [6.07, 6.45) is 1.11. The van der Waals surface area contributed by atoms with Crippen molar-refractivity contribution >= 4 is 27.7 Å². The van der Waals surface area contributed by atoms with Crippen molar-refractivity contribution in [2.45, 2.75) is 33.2 Å². The van der Waals surface area contributed by atoms with Gasteiger partial charge in [0, 0.05) is 4.47 Å². The predicted octanol–water partition coefficient (Wildman–Crippen LogP) is 4.13. The molecule has 0 saturated heterocycles. The molecular weight excluding hydrogens is 344 g/mol. The highest BCUT2D eigenvalue weighted by atomic mass is 79.9. The molecule has 1 aromatic carbocycles. The van der Waals surface area contributed by atoms with Crippen LogP contribution in [0.3, 0.4) is 0 Å². The number of ether oxygens (including phenoxy) is 2. The monoisotopic (exact) mass is 368 g/mol. The summed E-state index contributed by atoms with van der Waals surface area (Å²) in [5, 5.41) is 0. The lowest BCUT2D eigenvalue weighted by Gasteiger charge is -2.22. The second kappa shape index (κ2) is 9.62. The lowest BCUT2D eigenvalue weighted by molar-refractivity contribution is 0.344. The van der Waals surface area contributed by atoms with Crippen LogP contribution >= 0.6 is 15.9 Å². The molecule has 0 amide bonds. The second-order valence-corrected chi connectivity index (χ2v) is 6.17. The van der Waals surface area contributed by atoms with Crippen LogP contribution in [-0.4, -0.2) is 38.6 Å². The molecule has 1 unspecified atom stereocenters. The van der Waals surface area contributed by atoms with Gasteiger partial charge in [0.2, 0.25) is 11.8 Å². The summed E-state index contributed by atoms with van der Waals surface area (Å²) in [7, 11) is 3.24. The van der Waals surface area contributed by atoms with Gasteiger partial charge in [-0.25, -0.2) is 9.98 Å². The van der Waals surface area contributed by atoms with Crippen molar-refractivity contribution in [3.05, 3.63) is 34.3 Å². The number of methoxy groups -OCH3 is 2. The van der Waals surface area contributed by atoms with Gasteiger partial charge in [0.05, 0.1) is 14.2 Å². The van der Waals surface area contributed by atoms with E-state index in [0.717, 1.165) is 6.42 Å². The van der Waals surface area contributed by atoms with Crippen molar-refractivity contribution in [1.82, 2.24) is 0 Å². The Kier molecular flexibility index (Phi) is 8.17. The van der Waals surface area contributed by atoms with E-state index in [4.69, 9.17) is 9.47 Å². The normalized spacial score (nSPS) is 17.1. The van der Waals surface area contributed by atoms with E-state index >= 15 is 0 Å². The standard InChI is InChI=1S/C9H16N2O2.C8H9Br/c1-6(2)8-9(13-4)10-5-7(11-8)12-3;1-2-7-4-3-5-8(9)6-7/h6,8H,5H2,1-4H3;3-6H,2H2,1H3. The van der Waals surface area contributed by atoms with Crippen LogP contribution in [-0.2, 0) is 15.9 Å². The van der Waals surface area contributed by atoms with Crippen molar-refractivity contribution < 1.29 is 9.47 Å². The molecule has 0 radical (unpaired) electrons. The molecule has 0 aliphatic carbocycles. The van der Waals surface area contributed by atoms with Gasteiger partial charge in [-0.3, -0.25) is 0 Å². The zero-order chi connectivity index (χ0) is 16.5. The Morgan fingerprint density at radius 1 is 1.27 bits per heavy atom. The van der Waals surface area contributed by atoms with Crippen molar-refractivity contribution in [3.8, 4) is 0 Å². The number of rotatable bonds is 2. The number of benzene rings is 1. The molecule has 0 spiro atoms. The highest BCUT2D eigenvalue weighted by molar-refractivity contribution is 9.10. The smallest absolute Gasteiger partial charge is 0.209 e. The summed E-state index contributed by atoms with van der Waals surface area (Å²) in [5.41, 5.74) is 1.38. The molecule has 22 heavy (non-hydrogen) atoms. The first kappa shape index (κ1) is 18.7. The predicted molar refractivity (Wildman–Crippen MR) is 95.9 cm³/mol. The molecule has 0 bridgehead atoms. The Balaban J connectivity index is 0.000000235. The topological polar surface area (TPSA) is 43.2 Å². The molecule has 5 heteroatoms. The van der Waals surface area contributed by atoms with E-state index in [-0.39, 0.29) is 6.04 Å². The Morgan fingerprint density at radius 3 is 2.45 bits per heavy atom. The van der Waals surface area contributed by atoms with Crippen LogP contribution in [0.15, 0.2) is 38.7 Å². The molecule has 1 aliphatic rings. The summed E-state index contributed by atoms with van der Waals surface area (Å²) in [5.74, 6) is 1.76. The Hall–Kier alpha value is -1.36. The molecule has 1 atom stereocenters. The number of halogens is 1. The molecule has 4 nitrogen and oxygen atoms in total. The van der Waals surface area contributed by atoms with E-state index < -0.39 is 0 Å². The highest BCUT2D eigenvalue weighted by Crippen LogP contribution is 2.13. The number of aryl methyl sites for hydroxylation is 1. The van der Waals surface area contributed by atoms with Crippen LogP contribution in [0.25, 0.3) is 0 Å². The zero-order valence-electron chi connectivity index (χ0n) is 14.0. The van der Waals surface area contributed by atoms with E-state index in [0.29, 0.717) is 24.3 Å². The minimum atomic E-state index is 0.00806. The van der Waals surface area contributed by atoms with E-state index in [1.165, 1.54) is 10.0 Å². The molecule has 0 fully saturated rings. The summed E-state index contributed by atoms with van der Waals surface area (Å²) in [6, 6.07) is 8.38. The fraction of sp³-hybridized carbons (Fsp3) is 0.529. The average Bonchev–Trinajstić information content (AvgIpc) is 2.54. The molecule has 122 valence electrons. The van der Waals surface area contributed by atoms with Crippen molar-refractivity contribution in [2.24, 2.45) is 15.9 Å². The van der Waals surface area contributed by atoms with Gasteiger partial charge in [-0.2, -0.15) is 0 Å². The summed E-state index contributed by atoms with van der Waals surface area (Å²) in [4.78, 5) is 8.63. The van der Waals surface area contributed by atoms with Crippen LogP contribution in [0.5, 0.6) is 0 Å². The Labute approximate surface area is 141 Å². The fourth-order valence-electron chi connectivity index (χ4n) is 1.98. The lowest BCUT2D eigenvalue weighted by atomic mass is 10.0. The van der Waals surface area contributed by atoms with Crippen molar-refractivity contribution in [1.29, 1.82) is 0 Å². The van der Waals surface area contributed by atoms with Crippen LogP contribution in [0, 0.1) is 5.92 Å². The Morgan fingerprint density at radius 2 is 2.00 bits per heavy atom. The summed E-state index contributed by atoms with van der Waals surface area (Å²) >= 11 is 3.40. The third-order valence-corrected chi connectivity index (χ3v) is 3.77. The maximum atomic E-state index is 5.15. The van der Waals surface area contributed by atoms with Crippen LogP contribution < -0.4 is 0 Å². The number of hydrogen-bond acceptors (Lipinski definition) is 4. The zero-order valence-corrected chi connectivity index (χ0v) is 15.6. The van der Waals surface area contributed by atoms with E-state index in [1.807, 2.05) is 6.07 Å². The summed E-state index contributed by atoms with van der Waals surface area (Å²) in [6.45, 7) is 6.81. The average molecular weight is 369 g/mol. The maximum absolute atomic E-state index is 5.15. The second-order valence-electron chi connectivity index (χ2n) is 5.26. The van der Waals surface area contributed by atoms with E-state index in [1.54, 1.807) is 14.2 Å². The van der Waals surface area contributed by atoms with Gasteiger partial charge in [-0.05, 0) is 30.0 Å². The minimum Gasteiger partial charge on any atom is -0.483 e. The van der Waals surface area contributed by atoms with Crippen molar-refractivity contribution in [3.63, 3.8) is 0 Å². The van der Waals surface area contributed by atoms with E-state index in [2.05, 4.69) is 64.9 Å². The van der Waals surface area contributed by atoms with Gasteiger partial charge >= 0.3 is 0 Å². The SMILES string of the molecule is CCc1cccc(Br)c1.COC1=NC(C(C)C)C(OC)=NC1. The van der Waals surface area contributed by atoms with Gasteiger partial charge in [0.25, 0.3) is 0 Å². The summed E-state index contributed by atoms with van der Waals surface area (Å²) < 4.78 is 11.4. The fourth-order valence-corrected chi connectivity index (χ4v) is 2.43. The lowest BCUT2D eigenvalue weighted by Crippen LogP contribution is -2.32. The molecule has 1 aliphatic heterocycles. The van der Waals surface area contributed by atoms with Crippen LogP contribution in [0.4, 0.5) is 0 Å². The van der Waals surface area contributed by atoms with Gasteiger partial charge in [-0.1, -0.05) is 48.8 Å². The number of aliphatic imine (C=N–C) groups is 2. The minimum absolute atomic E-state index is 0.00806. The molecule has 1 aromatic rings. The van der Waals surface area contributed by atoms with Crippen LogP contribution in [0.1, 0.15) is 26.3 Å². The first-order valence-corrected chi connectivity index (χ1v) is 8.24. The number of nitrogens with zero attached hydrogens (tertiary/aromatic N) is 2. The molecule has 0 N–H and O–H groups in total. The molecule has 2 rings (SSSR count). The van der Waals surface area contributed by atoms with E-state index in [9.17, 15) is 0 Å². The third-order valence-electron chi connectivity index (χ3n) is 3.28. The van der Waals surface area contributed by atoms with Gasteiger partial charge in [-0.15, -0.1) is 0 Å². The van der Waals surface area contributed by atoms with Crippen molar-refractivity contribution in [2.75, 3.05) is 20.8 Å². The highest BCUT2D eigenvalue weighted by Gasteiger charge is 2.24. The molecular formula is C17H25BrN2O2. The van der Waals surface area contributed by atoms with Crippen LogP contribution in [0.2, 0.25) is 0 Å². The maximum Gasteiger partial charge on any atom is 0.209 e. The largest absolute Gasteiger partial charge is 0.483 e. The third kappa shape index (κ3) is 5.79. The first-order chi connectivity index (χ1) is 10.5. The molecule has 0 aromatic heterocycles. The first-order valence-electron chi connectivity index (χ1n) is 7.45. The van der Waals surface area contributed by atoms with Gasteiger partial charge in [0.1, 0.15) is 12.6 Å². The van der Waals surface area contributed by atoms with Gasteiger partial charge in [0.15, 0.2) is 0 Å². The van der Waals surface area contributed by atoms with Gasteiger partial charge < -0.3 is 9.47 Å². The Bertz CT molecular complexity index is 527. The number of hydrogen-bond donors (Lipinski definition) is 0.